The molecular weight excluding hydrogens is 479 g/mol. The topological polar surface area (TPSA) is 54.5 Å². The van der Waals surface area contributed by atoms with E-state index in [0.717, 1.165) is 29.9 Å². The van der Waals surface area contributed by atoms with Gasteiger partial charge in [-0.2, -0.15) is 13.2 Å². The minimum Gasteiger partial charge on any atom is -0.497 e. The number of fused-ring (bicyclic) bond motifs is 1. The van der Waals surface area contributed by atoms with Crippen molar-refractivity contribution in [2.75, 3.05) is 25.5 Å². The van der Waals surface area contributed by atoms with E-state index in [4.69, 9.17) is 4.74 Å². The quantitative estimate of drug-likeness (QED) is 0.321. The number of halogens is 3. The zero-order valence-electron chi connectivity index (χ0n) is 20.0. The summed E-state index contributed by atoms with van der Waals surface area (Å²) in [5.74, 6) is 0.758. The summed E-state index contributed by atoms with van der Waals surface area (Å²) in [7, 11) is 1.64. The fourth-order valence-electron chi connectivity index (χ4n) is 4.39. The van der Waals surface area contributed by atoms with Crippen molar-refractivity contribution in [2.45, 2.75) is 12.6 Å². The third-order valence-electron chi connectivity index (χ3n) is 6.44. The predicted molar refractivity (Wildman–Crippen MR) is 138 cm³/mol. The maximum Gasteiger partial charge on any atom is 0.416 e. The number of anilines is 2. The number of ether oxygens (including phenoxy) is 1. The molecule has 0 radical (unpaired) electrons. The molecule has 0 bridgehead atoms. The van der Waals surface area contributed by atoms with E-state index in [1.165, 1.54) is 17.8 Å². The zero-order chi connectivity index (χ0) is 26.0. The summed E-state index contributed by atoms with van der Waals surface area (Å²) in [6, 6.07) is 20.2. The summed E-state index contributed by atoms with van der Waals surface area (Å²) in [6.07, 6.45) is -0.114. The molecule has 0 atom stereocenters. The number of alkyl halides is 3. The Labute approximate surface area is 212 Å². The van der Waals surface area contributed by atoms with Crippen LogP contribution in [0.5, 0.6) is 5.75 Å². The van der Waals surface area contributed by atoms with Crippen LogP contribution in [0.15, 0.2) is 85.1 Å². The number of nitrogens with zero attached hydrogens (tertiary/aromatic N) is 2. The summed E-state index contributed by atoms with van der Waals surface area (Å²) in [5, 5.41) is 3.79. The molecule has 1 aromatic heterocycles. The number of benzene rings is 3. The third-order valence-corrected chi connectivity index (χ3v) is 6.44. The van der Waals surface area contributed by atoms with Crippen molar-refractivity contribution in [1.82, 2.24) is 9.88 Å². The Bertz CT molecular complexity index is 1460. The Morgan fingerprint density at radius 2 is 1.76 bits per heavy atom. The molecule has 1 aliphatic heterocycles. The first-order valence-electron chi connectivity index (χ1n) is 11.8. The Hall–Kier alpha value is -4.33. The molecule has 1 aliphatic rings. The van der Waals surface area contributed by atoms with Crippen LogP contribution in [0.25, 0.3) is 16.5 Å². The number of rotatable bonds is 5. The smallest absolute Gasteiger partial charge is 0.416 e. The number of carbonyl (C=O) groups is 1. The molecular formula is C29H24F3N3O2. The molecule has 4 aromatic rings. The van der Waals surface area contributed by atoms with Crippen molar-refractivity contribution in [3.8, 4) is 5.75 Å². The van der Waals surface area contributed by atoms with Gasteiger partial charge in [-0.15, -0.1) is 0 Å². The second-order valence-corrected chi connectivity index (χ2v) is 8.75. The van der Waals surface area contributed by atoms with Crippen molar-refractivity contribution < 1.29 is 22.7 Å². The van der Waals surface area contributed by atoms with Crippen LogP contribution in [-0.4, -0.2) is 36.0 Å². The number of methoxy groups -OCH3 is 1. The summed E-state index contributed by atoms with van der Waals surface area (Å²) >= 11 is 0. The molecule has 8 heteroatoms. The fourth-order valence-corrected chi connectivity index (χ4v) is 4.39. The van der Waals surface area contributed by atoms with Gasteiger partial charge in [0, 0.05) is 41.6 Å². The highest BCUT2D eigenvalue weighted by Gasteiger charge is 2.30. The van der Waals surface area contributed by atoms with Crippen molar-refractivity contribution in [3.63, 3.8) is 0 Å². The minimum absolute atomic E-state index is 0.0504. The second kappa shape index (κ2) is 9.97. The number of aromatic nitrogens is 1. The van der Waals surface area contributed by atoms with Crippen molar-refractivity contribution in [3.05, 3.63) is 102 Å². The predicted octanol–water partition coefficient (Wildman–Crippen LogP) is 6.94. The molecule has 0 saturated carbocycles. The zero-order valence-corrected chi connectivity index (χ0v) is 20.0. The highest BCUT2D eigenvalue weighted by molar-refractivity contribution is 5.96. The Morgan fingerprint density at radius 1 is 1.00 bits per heavy atom. The highest BCUT2D eigenvalue weighted by Crippen LogP contribution is 2.33. The van der Waals surface area contributed by atoms with E-state index in [0.29, 0.717) is 35.4 Å². The van der Waals surface area contributed by atoms with E-state index in [9.17, 15) is 18.0 Å². The van der Waals surface area contributed by atoms with Gasteiger partial charge in [0.15, 0.2) is 0 Å². The van der Waals surface area contributed by atoms with Crippen LogP contribution in [0, 0.1) is 0 Å². The Morgan fingerprint density at radius 3 is 2.41 bits per heavy atom. The van der Waals surface area contributed by atoms with Crippen molar-refractivity contribution in [1.29, 1.82) is 0 Å². The van der Waals surface area contributed by atoms with Gasteiger partial charge in [0.2, 0.25) is 0 Å². The van der Waals surface area contributed by atoms with Gasteiger partial charge in [-0.1, -0.05) is 24.3 Å². The third kappa shape index (κ3) is 5.28. The lowest BCUT2D eigenvalue weighted by molar-refractivity contribution is -0.137. The number of amides is 1. The summed E-state index contributed by atoms with van der Waals surface area (Å²) in [4.78, 5) is 18.9. The fraction of sp³-hybridized carbons (Fsp3) is 0.172. The molecule has 1 amide bonds. The summed E-state index contributed by atoms with van der Waals surface area (Å²) in [5.41, 5.74) is 3.75. The van der Waals surface area contributed by atoms with Gasteiger partial charge >= 0.3 is 6.18 Å². The Balaban J connectivity index is 1.26. The van der Waals surface area contributed by atoms with Crippen LogP contribution in [0.3, 0.4) is 0 Å². The molecule has 5 nitrogen and oxygen atoms in total. The normalized spacial score (nSPS) is 13.8. The minimum atomic E-state index is -4.43. The standard InChI is InChI=1S/C29H24F3N3O2/c1-37-24-9-4-19(5-10-24)20-13-16-35(17-14-20)28(36)21-2-7-23(8-3-21)34-26-12-15-33-27-18-22(29(30,31)32)6-11-25(26)27/h2-13,15,18H,14,16-17H2,1H3,(H,33,34). The van der Waals surface area contributed by atoms with Gasteiger partial charge in [0.25, 0.3) is 5.91 Å². The first kappa shape index (κ1) is 24.4. The average Bonchev–Trinajstić information content (AvgIpc) is 2.92. The largest absolute Gasteiger partial charge is 0.497 e. The van der Waals surface area contributed by atoms with Gasteiger partial charge in [-0.25, -0.2) is 0 Å². The van der Waals surface area contributed by atoms with Crippen LogP contribution in [-0.2, 0) is 6.18 Å². The van der Waals surface area contributed by atoms with E-state index in [1.54, 1.807) is 37.4 Å². The van der Waals surface area contributed by atoms with Crippen LogP contribution in [0.4, 0.5) is 24.5 Å². The van der Waals surface area contributed by atoms with Crippen molar-refractivity contribution >= 4 is 33.8 Å². The van der Waals surface area contributed by atoms with E-state index >= 15 is 0 Å². The molecule has 2 heterocycles. The molecule has 0 fully saturated rings. The number of hydrogen-bond acceptors (Lipinski definition) is 4. The van der Waals surface area contributed by atoms with Crippen LogP contribution < -0.4 is 10.1 Å². The highest BCUT2D eigenvalue weighted by atomic mass is 19.4. The maximum atomic E-state index is 13.0. The molecule has 0 unspecified atom stereocenters. The van der Waals surface area contributed by atoms with Crippen LogP contribution >= 0.6 is 0 Å². The summed E-state index contributed by atoms with van der Waals surface area (Å²) < 4.78 is 44.3. The number of hydrogen-bond donors (Lipinski definition) is 1. The monoisotopic (exact) mass is 503 g/mol. The molecule has 3 aromatic carbocycles. The SMILES string of the molecule is COc1ccc(C2=CCN(C(=O)c3ccc(Nc4ccnc5cc(C(F)(F)F)ccc45)cc3)CC2)cc1. The molecule has 37 heavy (non-hydrogen) atoms. The van der Waals surface area contributed by atoms with Gasteiger partial charge in [-0.3, -0.25) is 9.78 Å². The summed E-state index contributed by atoms with van der Waals surface area (Å²) in [6.45, 7) is 1.16. The van der Waals surface area contributed by atoms with E-state index in [-0.39, 0.29) is 11.4 Å². The molecule has 188 valence electrons. The van der Waals surface area contributed by atoms with Gasteiger partial charge < -0.3 is 15.0 Å². The Kier molecular flexibility index (Phi) is 6.56. The number of nitrogens with one attached hydrogen (secondary N) is 1. The number of carbonyl (C=O) groups excluding carboxylic acids is 1. The lowest BCUT2D eigenvalue weighted by Gasteiger charge is -2.27. The van der Waals surface area contributed by atoms with Crippen molar-refractivity contribution in [2.24, 2.45) is 0 Å². The maximum absolute atomic E-state index is 13.0. The molecule has 1 N–H and O–H groups in total. The van der Waals surface area contributed by atoms with Gasteiger partial charge in [0.05, 0.1) is 18.2 Å². The first-order chi connectivity index (χ1) is 17.8. The molecule has 0 saturated heterocycles. The number of pyridine rings is 1. The van der Waals surface area contributed by atoms with E-state index < -0.39 is 11.7 Å². The molecule has 0 spiro atoms. The molecule has 5 rings (SSSR count). The van der Waals surface area contributed by atoms with E-state index in [1.807, 2.05) is 29.2 Å². The lowest BCUT2D eigenvalue weighted by Crippen LogP contribution is -2.34. The van der Waals surface area contributed by atoms with Gasteiger partial charge in [0.1, 0.15) is 5.75 Å². The van der Waals surface area contributed by atoms with E-state index in [2.05, 4.69) is 16.4 Å². The second-order valence-electron chi connectivity index (χ2n) is 8.75. The molecule has 0 aliphatic carbocycles. The van der Waals surface area contributed by atoms with Gasteiger partial charge in [-0.05, 0) is 72.2 Å². The lowest BCUT2D eigenvalue weighted by atomic mass is 9.99. The average molecular weight is 504 g/mol. The van der Waals surface area contributed by atoms with Crippen LogP contribution in [0.1, 0.15) is 27.9 Å². The van der Waals surface area contributed by atoms with Crippen LogP contribution in [0.2, 0.25) is 0 Å². The first-order valence-corrected chi connectivity index (χ1v) is 11.8.